The Hall–Kier alpha value is -4.27. The van der Waals surface area contributed by atoms with Gasteiger partial charge in [0.1, 0.15) is 5.56 Å². The maximum atomic E-state index is 14.2. The molecular formula is C35H37ClF6N4O5. The molecule has 0 bridgehead atoms. The van der Waals surface area contributed by atoms with Crippen LogP contribution in [0.1, 0.15) is 79.0 Å². The van der Waals surface area contributed by atoms with Gasteiger partial charge in [0.2, 0.25) is 5.91 Å². The summed E-state index contributed by atoms with van der Waals surface area (Å²) in [6.45, 7) is 4.04. The monoisotopic (exact) mass is 742 g/mol. The lowest BCUT2D eigenvalue weighted by Crippen LogP contribution is -2.38. The second-order valence-corrected chi connectivity index (χ2v) is 13.2. The van der Waals surface area contributed by atoms with Crippen molar-refractivity contribution >= 4 is 35.1 Å². The molecule has 276 valence electrons. The zero-order valence-corrected chi connectivity index (χ0v) is 28.4. The number of carbonyl (C=O) groups excluding carboxylic acids is 2. The number of esters is 1. The largest absolute Gasteiger partial charge is 0.490 e. The first-order valence-corrected chi connectivity index (χ1v) is 17.0. The molecule has 2 aromatic carbocycles. The second kappa shape index (κ2) is 15.5. The topological polar surface area (TPSA) is 105 Å². The summed E-state index contributed by atoms with van der Waals surface area (Å²) in [4.78, 5) is 37.7. The molecule has 1 N–H and O–H groups in total. The molecule has 3 heterocycles. The average Bonchev–Trinajstić information content (AvgIpc) is 3.84. The van der Waals surface area contributed by atoms with Crippen LogP contribution >= 0.6 is 11.6 Å². The van der Waals surface area contributed by atoms with Gasteiger partial charge in [-0.05, 0) is 74.6 Å². The summed E-state index contributed by atoms with van der Waals surface area (Å²) < 4.78 is 80.1. The predicted molar refractivity (Wildman–Crippen MR) is 176 cm³/mol. The molecule has 1 saturated carbocycles. The summed E-state index contributed by atoms with van der Waals surface area (Å²) in [5.74, 6) is -2.82. The van der Waals surface area contributed by atoms with Crippen LogP contribution in [0.3, 0.4) is 0 Å². The van der Waals surface area contributed by atoms with E-state index >= 15 is 0 Å². The molecule has 16 heteroatoms. The highest BCUT2D eigenvalue weighted by Crippen LogP contribution is 2.40. The van der Waals surface area contributed by atoms with Gasteiger partial charge in [-0.15, -0.1) is 0 Å². The Labute approximate surface area is 295 Å². The third kappa shape index (κ3) is 9.16. The quantitative estimate of drug-likeness (QED) is 0.193. The number of nitrogens with zero attached hydrogens (tertiary/aromatic N) is 4. The molecule has 1 aliphatic carbocycles. The van der Waals surface area contributed by atoms with Crippen molar-refractivity contribution in [3.8, 4) is 11.1 Å². The maximum Gasteiger partial charge on any atom is 0.490 e. The van der Waals surface area contributed by atoms with E-state index in [4.69, 9.17) is 26.2 Å². The van der Waals surface area contributed by atoms with Gasteiger partial charge in [0, 0.05) is 48.4 Å². The summed E-state index contributed by atoms with van der Waals surface area (Å²) in [7, 11) is 0. The number of alkyl halides is 6. The lowest BCUT2D eigenvalue weighted by atomic mass is 9.88. The molecule has 2 aliphatic heterocycles. The van der Waals surface area contributed by atoms with Crippen molar-refractivity contribution in [1.29, 1.82) is 0 Å². The van der Waals surface area contributed by atoms with Gasteiger partial charge in [0.05, 0.1) is 18.8 Å². The minimum atomic E-state index is -5.08. The Kier molecular flexibility index (Phi) is 11.6. The Balaban J connectivity index is 0.000000654. The Bertz CT molecular complexity index is 1720. The number of likely N-dealkylation sites (tertiary alicyclic amines) is 1. The highest BCUT2D eigenvalue weighted by atomic mass is 35.5. The first-order valence-electron chi connectivity index (χ1n) is 16.6. The number of ether oxygens (including phenoxy) is 1. The van der Waals surface area contributed by atoms with E-state index in [1.807, 2.05) is 23.1 Å². The molecule has 0 radical (unpaired) electrons. The summed E-state index contributed by atoms with van der Waals surface area (Å²) in [6.07, 6.45) is -3.82. The lowest BCUT2D eigenvalue weighted by Gasteiger charge is -2.36. The average molecular weight is 743 g/mol. The third-order valence-electron chi connectivity index (χ3n) is 9.27. The van der Waals surface area contributed by atoms with Crippen molar-refractivity contribution in [1.82, 2.24) is 14.7 Å². The highest BCUT2D eigenvalue weighted by molar-refractivity contribution is 6.31. The van der Waals surface area contributed by atoms with E-state index in [0.717, 1.165) is 66.5 Å². The summed E-state index contributed by atoms with van der Waals surface area (Å²) in [6, 6.07) is 13.5. The molecule has 6 rings (SSSR count). The molecule has 2 saturated heterocycles. The number of halogens is 7. The fourth-order valence-corrected chi connectivity index (χ4v) is 6.79. The molecule has 9 nitrogen and oxygen atoms in total. The van der Waals surface area contributed by atoms with Crippen LogP contribution in [0.25, 0.3) is 11.1 Å². The molecule has 1 atom stereocenters. The van der Waals surface area contributed by atoms with Crippen molar-refractivity contribution in [3.63, 3.8) is 0 Å². The number of aromatic nitrogens is 2. The smallest absolute Gasteiger partial charge is 0.475 e. The molecule has 1 aromatic heterocycles. The van der Waals surface area contributed by atoms with Gasteiger partial charge in [0.25, 0.3) is 0 Å². The van der Waals surface area contributed by atoms with Crippen LogP contribution in [0.4, 0.5) is 32.0 Å². The first-order chi connectivity index (χ1) is 24.1. The van der Waals surface area contributed by atoms with Crippen molar-refractivity contribution in [2.75, 3.05) is 37.7 Å². The van der Waals surface area contributed by atoms with E-state index < -0.39 is 41.6 Å². The van der Waals surface area contributed by atoms with Crippen LogP contribution in [0.2, 0.25) is 5.02 Å². The number of amides is 1. The molecule has 3 fully saturated rings. The molecule has 51 heavy (non-hydrogen) atoms. The summed E-state index contributed by atoms with van der Waals surface area (Å²) in [5.41, 5.74) is 2.37. The second-order valence-electron chi connectivity index (χ2n) is 12.8. The van der Waals surface area contributed by atoms with Crippen LogP contribution in [0, 0.1) is 5.92 Å². The van der Waals surface area contributed by atoms with Gasteiger partial charge in [-0.1, -0.05) is 41.9 Å². The minimum absolute atomic E-state index is 0.0301. The molecule has 1 amide bonds. The van der Waals surface area contributed by atoms with Gasteiger partial charge in [-0.25, -0.2) is 9.59 Å². The zero-order valence-electron chi connectivity index (χ0n) is 27.6. The summed E-state index contributed by atoms with van der Waals surface area (Å²) in [5, 5.41) is 11.7. The Morgan fingerprint density at radius 3 is 2.16 bits per heavy atom. The molecule has 3 aromatic rings. The SMILES string of the molecule is CCOC(=O)c1cnn(C2CCCN(c3cc(Cl)ccc3-c3ccc(C4CCN(C(=O)C5CC5)CC4)cc3)C2)c1C(F)(F)F.O=C(O)C(F)(F)F. The number of carboxylic acid groups (broad SMARTS) is 1. The van der Waals surface area contributed by atoms with Crippen molar-refractivity contribution in [2.24, 2.45) is 5.92 Å². The molecular weight excluding hydrogens is 706 g/mol. The number of piperidine rings is 2. The highest BCUT2D eigenvalue weighted by Gasteiger charge is 2.43. The van der Waals surface area contributed by atoms with E-state index in [1.165, 1.54) is 5.56 Å². The number of benzene rings is 2. The number of rotatable bonds is 7. The van der Waals surface area contributed by atoms with Crippen LogP contribution in [-0.2, 0) is 20.5 Å². The fraction of sp³-hybridized carbons (Fsp3) is 0.486. The molecule has 1 unspecified atom stereocenters. The van der Waals surface area contributed by atoms with Gasteiger partial charge in [0.15, 0.2) is 5.69 Å². The lowest BCUT2D eigenvalue weighted by molar-refractivity contribution is -0.192. The van der Waals surface area contributed by atoms with E-state index in [0.29, 0.717) is 36.2 Å². The van der Waals surface area contributed by atoms with Gasteiger partial charge >= 0.3 is 24.3 Å². The molecule has 3 aliphatic rings. The van der Waals surface area contributed by atoms with Crippen LogP contribution < -0.4 is 4.90 Å². The zero-order chi connectivity index (χ0) is 37.1. The molecule has 0 spiro atoms. The van der Waals surface area contributed by atoms with Gasteiger partial charge in [-0.3, -0.25) is 9.48 Å². The van der Waals surface area contributed by atoms with Crippen LogP contribution in [0.15, 0.2) is 48.7 Å². The standard InChI is InChI=1S/C33H36ClF3N4O3.C2HF3O2/c1-2-44-32(43)28-19-38-41(30(28)33(35,36)37)26-4-3-15-40(20-26)29-18-25(34)11-12-27(29)23-7-5-21(6-8-23)22-13-16-39(17-14-22)31(42)24-9-10-24;3-2(4,5)1(6)7/h5-8,11-12,18-19,22,24,26H,2-4,9-10,13-17,20H2,1H3;(H,6,7). The van der Waals surface area contributed by atoms with Gasteiger partial charge in [-0.2, -0.15) is 31.4 Å². The van der Waals surface area contributed by atoms with Crippen molar-refractivity contribution in [3.05, 3.63) is 70.5 Å². The minimum Gasteiger partial charge on any atom is -0.475 e. The van der Waals surface area contributed by atoms with Crippen molar-refractivity contribution < 1.29 is 50.6 Å². The van der Waals surface area contributed by atoms with Crippen molar-refractivity contribution in [2.45, 2.75) is 69.8 Å². The van der Waals surface area contributed by atoms with E-state index in [-0.39, 0.29) is 19.1 Å². The van der Waals surface area contributed by atoms with E-state index in [1.54, 1.807) is 6.92 Å². The number of aliphatic carboxylic acids is 1. The Morgan fingerprint density at radius 2 is 1.59 bits per heavy atom. The number of anilines is 1. The number of hydrogen-bond acceptors (Lipinski definition) is 6. The van der Waals surface area contributed by atoms with Crippen LogP contribution in [-0.4, -0.2) is 76.6 Å². The summed E-state index contributed by atoms with van der Waals surface area (Å²) >= 11 is 6.44. The van der Waals surface area contributed by atoms with Crippen LogP contribution in [0.5, 0.6) is 0 Å². The Morgan fingerprint density at radius 1 is 0.941 bits per heavy atom. The van der Waals surface area contributed by atoms with E-state index in [2.05, 4.69) is 34.3 Å². The maximum absolute atomic E-state index is 14.2. The third-order valence-corrected chi connectivity index (χ3v) is 9.51. The number of carbonyl (C=O) groups is 3. The fourth-order valence-electron chi connectivity index (χ4n) is 6.62. The van der Waals surface area contributed by atoms with Gasteiger partial charge < -0.3 is 19.6 Å². The normalized spacial score (nSPS) is 18.5. The van der Waals surface area contributed by atoms with E-state index in [9.17, 15) is 35.9 Å². The number of carboxylic acids is 1. The predicted octanol–water partition coefficient (Wildman–Crippen LogP) is 7.99. The first kappa shape index (κ1) is 38.0. The number of hydrogen-bond donors (Lipinski definition) is 1.